The van der Waals surface area contributed by atoms with Gasteiger partial charge in [0.1, 0.15) is 201 Å². The first kappa shape index (κ1) is 121. The predicted molar refractivity (Wildman–Crippen MR) is 461 cm³/mol. The van der Waals surface area contributed by atoms with E-state index >= 15 is 0 Å². The number of nitrogens with one attached hydrogen (secondary N) is 4. The summed E-state index contributed by atoms with van der Waals surface area (Å²) in [5.41, 5.74) is 0. The van der Waals surface area contributed by atoms with Crippen molar-refractivity contribution in [3.05, 3.63) is 0 Å². The molecule has 0 bridgehead atoms. The van der Waals surface area contributed by atoms with Gasteiger partial charge in [0.25, 0.3) is 12.9 Å². The van der Waals surface area contributed by atoms with Gasteiger partial charge in [-0.1, -0.05) is 13.8 Å². The van der Waals surface area contributed by atoms with E-state index in [9.17, 15) is 182 Å². The number of fused-ring (bicyclic) bond motifs is 2. The van der Waals surface area contributed by atoms with Gasteiger partial charge in [-0.2, -0.15) is 0 Å². The van der Waals surface area contributed by atoms with Crippen LogP contribution in [0.2, 0.25) is 0 Å². The van der Waals surface area contributed by atoms with E-state index in [0.29, 0.717) is 0 Å². The quantitative estimate of drug-likeness (QED) is 0.0199. The van der Waals surface area contributed by atoms with E-state index in [1.807, 2.05) is 0 Å². The highest BCUT2D eigenvalue weighted by Gasteiger charge is 2.79. The molecule has 2 aliphatic carbocycles. The maximum Gasteiger partial charge on any atom is 0.334 e. The molecule has 22 unspecified atom stereocenters. The van der Waals surface area contributed by atoms with Crippen molar-refractivity contribution < 1.29 is 291 Å². The molecule has 11 saturated heterocycles. The maximum absolute atomic E-state index is 13.3. The highest BCUT2D eigenvalue weighted by Crippen LogP contribution is 2.58. The lowest BCUT2D eigenvalue weighted by Gasteiger charge is -2.58. The predicted octanol–water partition coefficient (Wildman–Crippen LogP) is -21.3. The Labute approximate surface area is 845 Å². The summed E-state index contributed by atoms with van der Waals surface area (Å²) < 4.78 is 138. The van der Waals surface area contributed by atoms with E-state index in [0.717, 1.165) is 27.7 Å². The zero-order chi connectivity index (χ0) is 109. The average molecular weight is 2170 g/mol. The lowest BCUT2D eigenvalue weighted by Crippen LogP contribution is -2.74. The van der Waals surface area contributed by atoms with Crippen LogP contribution in [0.3, 0.4) is 0 Å². The van der Waals surface area contributed by atoms with Crippen molar-refractivity contribution in [3.8, 4) is 0 Å². The highest BCUT2D eigenvalue weighted by molar-refractivity contribution is 5.74. The van der Waals surface area contributed by atoms with Gasteiger partial charge in [-0.05, 0) is 13.3 Å². The van der Waals surface area contributed by atoms with Gasteiger partial charge in [-0.15, -0.1) is 0 Å². The van der Waals surface area contributed by atoms with Crippen LogP contribution in [0.5, 0.6) is 0 Å². The fourth-order valence-corrected chi connectivity index (χ4v) is 21.2. The van der Waals surface area contributed by atoms with Gasteiger partial charge in [0.05, 0.1) is 146 Å². The summed E-state index contributed by atoms with van der Waals surface area (Å²) in [5, 5.41) is 351. The molecule has 58 atom stereocenters. The molecular weight excluding hydrogens is 2030 g/mol. The third-order valence-electron chi connectivity index (χ3n) is 29.4. The Kier molecular flexibility index (Phi) is 40.8. The van der Waals surface area contributed by atoms with E-state index in [-0.39, 0.29) is 12.9 Å². The number of rotatable bonds is 43. The molecule has 63 heteroatoms. The highest BCUT2D eigenvalue weighted by atomic mass is 16.9. The van der Waals surface area contributed by atoms with Gasteiger partial charge in [0.2, 0.25) is 29.4 Å². The third-order valence-corrected chi connectivity index (χ3v) is 29.4. The van der Waals surface area contributed by atoms with Crippen LogP contribution in [0.1, 0.15) is 74.1 Å². The number of ether oxygens (including phenoxy) is 23. The normalized spacial score (nSPS) is 48.6. The molecule has 0 aromatic carbocycles. The molecule has 858 valence electrons. The van der Waals surface area contributed by atoms with E-state index < -0.39 is 475 Å². The molecule has 0 aromatic rings. The Bertz CT molecular complexity index is 4320. The number of amides is 4. The van der Waals surface area contributed by atoms with E-state index in [4.69, 9.17) is 109 Å². The second-order valence-electron chi connectivity index (χ2n) is 39.5. The van der Waals surface area contributed by atoms with Crippen LogP contribution >= 0.6 is 0 Å². The van der Waals surface area contributed by atoms with Crippen molar-refractivity contribution in [1.82, 2.24) is 21.3 Å². The van der Waals surface area contributed by atoms with Gasteiger partial charge >= 0.3 is 11.9 Å². The van der Waals surface area contributed by atoms with Crippen molar-refractivity contribution in [2.45, 2.75) is 404 Å². The zero-order valence-electron chi connectivity index (χ0n) is 81.1. The van der Waals surface area contributed by atoms with Crippen LogP contribution < -0.4 is 21.3 Å². The summed E-state index contributed by atoms with van der Waals surface area (Å²) in [7, 11) is 0. The number of carbonyl (C=O) groups excluding carboxylic acids is 6. The van der Waals surface area contributed by atoms with Crippen molar-refractivity contribution in [1.29, 1.82) is 0 Å². The standard InChI is InChI=1S/C86H140N4O59/c1-24-32(105)10-84(129-22-99,146-65(24)51(110)34(107)13-91)148-71-44-36(12-83(44,124)125)132-80(63(71)122)141-68-40(18-96)135-76(47(58(68)117)88-28(5)102)127-9-8-31-50(109)53(112)37(15-93)133-75(31)128-21-43-55(114)72(64(123)81(138-43)142-70-42(20-98)136-77(48(59(70)118)89-29(6)103)139-67-39(17-95)131-26(3)46(57(67)116)87-27(4)101)143-82-73(61(120)54(113)38(16-94)134-82)144-78-49(90-30(7)104)60(119)69(41(19-97)137-78)140-79-62(121)56(115)45-74(145-79)86(45,126)149-85(130-23-100)11-33(106)25(2)66(147-85)52(111)35(108)14-92/h22-26,31-82,91-98,105-126H,8-21H2,1-7H3,(H,87,101)(H,88,102)(H,89,103)(H,90,104)/t24-,25-,26+,31?,32-,33-,34-,35-,36?,37?,38?,39?,40+,41?,42?,43?,44+,45-,46?,47?,48?,49?,50-,51-,52-,53-,54-,55-,56+,57-,58?,59-,60-,61?,62?,63?,64?,65?,66?,67-,68-,69-,70-,71+,72+,73?,74?,75+,76-,77+,78+,79-,80+,81+,82-,84+,85+,86?/m1/s1. The van der Waals surface area contributed by atoms with Crippen molar-refractivity contribution in [2.24, 2.45) is 29.6 Å². The molecule has 34 N–H and O–H groups in total. The van der Waals surface area contributed by atoms with Crippen molar-refractivity contribution in [3.63, 3.8) is 0 Å². The fourth-order valence-electron chi connectivity index (χ4n) is 21.2. The first-order valence-electron chi connectivity index (χ1n) is 48.4. The molecular formula is C86H140N4O59. The zero-order valence-corrected chi connectivity index (χ0v) is 81.1. The van der Waals surface area contributed by atoms with Gasteiger partial charge in [-0.25, -0.2) is 0 Å². The molecule has 0 aromatic heterocycles. The maximum atomic E-state index is 13.3. The third kappa shape index (κ3) is 25.4. The molecule has 13 rings (SSSR count). The lowest BCUT2D eigenvalue weighted by atomic mass is 9.68. The van der Waals surface area contributed by atoms with Crippen LogP contribution in [0, 0.1) is 29.6 Å². The second kappa shape index (κ2) is 50.3. The molecule has 11 aliphatic heterocycles. The Hall–Kier alpha value is -5.22. The van der Waals surface area contributed by atoms with E-state index in [1.54, 1.807) is 0 Å². The number of hydrogen-bond acceptors (Lipinski definition) is 59. The second-order valence-corrected chi connectivity index (χ2v) is 39.5. The summed E-state index contributed by atoms with van der Waals surface area (Å²) >= 11 is 0. The SMILES string of the molecule is CC(=O)NC1C(O)[C@H](O[C@@H]2OC3CC(O)(O)[C@@H]3[C@H](O[C@]3(OC=O)C[C@@H](O)[C@@H](C)C([C@H](O)[C@H](O)CO)O3)C2O)[C@H](CO)O[C@H]1OCCC1[C@@H](OCC2O[C@@H](O[C@@H]3C(CO)O[C@@H](O[C@@H]4C(CO)O[C@@H](C)C(NC(C)=O)[C@H]4O)C(NC(C)=O)[C@H]3O)C(O)[C@@H](O[C@H]3OC(CO)[C@@H](O)C(O)C3O[C@@H]3OC(CO)[C@@H](O[C@@H]4OC5[C@@H]([C@H](O)C4O)C5(O)O[C@]4(OC=O)C[C@@H](O)[C@@H](C)C([C@H](O)[C@H](O)CO)O4)[C@H](O)C3NC(C)=O)[C@@H]2O)OC(CO)[C@@H](O)[C@@H]1O. The Morgan fingerprint density at radius 2 is 0.758 bits per heavy atom. The summed E-state index contributed by atoms with van der Waals surface area (Å²) in [6, 6.07) is -7.04. The lowest BCUT2D eigenvalue weighted by molar-refractivity contribution is -0.470. The minimum Gasteiger partial charge on any atom is -0.410 e. The number of aliphatic hydroxyl groups is 30. The first-order valence-corrected chi connectivity index (χ1v) is 48.4. The average Bonchev–Trinajstić information content (AvgIpc) is 1.53. The summed E-state index contributed by atoms with van der Waals surface area (Å²) in [5.74, 6) is -22.1. The smallest absolute Gasteiger partial charge is 0.334 e. The molecule has 149 heavy (non-hydrogen) atoms. The largest absolute Gasteiger partial charge is 0.410 e. The van der Waals surface area contributed by atoms with Gasteiger partial charge in [-0.3, -0.25) is 33.5 Å². The Morgan fingerprint density at radius 1 is 0.369 bits per heavy atom. The van der Waals surface area contributed by atoms with Gasteiger partial charge in [0, 0.05) is 51.9 Å². The Balaban J connectivity index is 0.763. The van der Waals surface area contributed by atoms with Crippen LogP contribution in [0.4, 0.5) is 0 Å². The van der Waals surface area contributed by atoms with Gasteiger partial charge in [0.15, 0.2) is 56.1 Å². The summed E-state index contributed by atoms with van der Waals surface area (Å²) in [6.45, 7) is -3.12. The number of carbonyl (C=O) groups is 6. The van der Waals surface area contributed by atoms with Crippen molar-refractivity contribution >= 4 is 36.6 Å². The van der Waals surface area contributed by atoms with E-state index in [2.05, 4.69) is 21.3 Å². The topological polar surface area (TPSA) is 970 Å². The van der Waals surface area contributed by atoms with Crippen LogP contribution in [-0.4, -0.2) is 586 Å². The molecule has 13 fully saturated rings. The molecule has 2 saturated carbocycles. The molecule has 4 amide bonds. The minimum absolute atomic E-state index is 0.217. The molecule has 0 radical (unpaired) electrons. The first-order chi connectivity index (χ1) is 70.3. The molecule has 13 aliphatic rings. The molecule has 11 heterocycles. The monoisotopic (exact) mass is 2170 g/mol. The molecule has 63 nitrogen and oxygen atoms in total. The minimum atomic E-state index is -2.90. The molecule has 0 spiro atoms. The van der Waals surface area contributed by atoms with Gasteiger partial charge < -0.3 is 279 Å². The number of aliphatic hydroxyl groups excluding tert-OH is 27. The summed E-state index contributed by atoms with van der Waals surface area (Å²) in [6.07, 6.45) is -96.2. The van der Waals surface area contributed by atoms with Crippen LogP contribution in [0.15, 0.2) is 0 Å². The fraction of sp³-hybridized carbons (Fsp3) is 0.930. The van der Waals surface area contributed by atoms with Crippen molar-refractivity contribution in [2.75, 3.05) is 66.1 Å². The van der Waals surface area contributed by atoms with E-state index in [1.165, 1.54) is 20.8 Å². The Morgan fingerprint density at radius 3 is 1.23 bits per heavy atom. The van der Waals surface area contributed by atoms with Crippen LogP contribution in [-0.2, 0) is 138 Å². The number of hydrogen-bond donors (Lipinski definition) is 34. The van der Waals surface area contributed by atoms with Crippen LogP contribution in [0.25, 0.3) is 0 Å². The summed E-state index contributed by atoms with van der Waals surface area (Å²) in [4.78, 5) is 76.2.